The van der Waals surface area contributed by atoms with Crippen LogP contribution in [0.5, 0.6) is 0 Å². The van der Waals surface area contributed by atoms with Gasteiger partial charge >= 0.3 is 11.9 Å². The summed E-state index contributed by atoms with van der Waals surface area (Å²) in [6, 6.07) is 0. The summed E-state index contributed by atoms with van der Waals surface area (Å²) in [6.45, 7) is 17.6. The molecule has 0 aromatic carbocycles. The Kier molecular flexibility index (Phi) is 55.9. The monoisotopic (exact) mass is 822 g/mol. The maximum Gasteiger partial charge on any atom is 0.305 e. The first kappa shape index (κ1) is 60.7. The zero-order valence-electron chi connectivity index (χ0n) is 40.1. The van der Waals surface area contributed by atoms with E-state index >= 15 is 0 Å². The number of aliphatic hydroxyl groups is 1. The molecule has 0 aromatic heterocycles. The van der Waals surface area contributed by atoms with E-state index in [1.165, 1.54) is 154 Å². The van der Waals surface area contributed by atoms with Crippen LogP contribution in [0.2, 0.25) is 0 Å². The highest BCUT2D eigenvalue weighted by molar-refractivity contribution is 5.69. The van der Waals surface area contributed by atoms with Crippen LogP contribution in [-0.2, 0) is 19.1 Å². The fourth-order valence-electron chi connectivity index (χ4n) is 7.68. The van der Waals surface area contributed by atoms with Gasteiger partial charge in [-0.1, -0.05) is 183 Å². The van der Waals surface area contributed by atoms with Crippen molar-refractivity contribution in [1.29, 1.82) is 0 Å². The van der Waals surface area contributed by atoms with Crippen LogP contribution in [0.15, 0.2) is 0 Å². The zero-order chi connectivity index (χ0) is 43.6. The molecule has 0 spiro atoms. The quantitative estimate of drug-likeness (QED) is 0.0375. The average molecular weight is 822 g/mol. The number of carbonyl (C=O) groups is 2. The number of hydrogen-bond donors (Lipinski definition) is 1. The lowest BCUT2D eigenvalue weighted by Gasteiger charge is -2.22. The highest BCUT2D eigenvalue weighted by Crippen LogP contribution is 2.21. The van der Waals surface area contributed by atoms with E-state index in [-0.39, 0.29) is 18.5 Å². The van der Waals surface area contributed by atoms with Crippen LogP contribution in [0, 0.1) is 24.7 Å². The molecule has 0 aliphatic rings. The summed E-state index contributed by atoms with van der Waals surface area (Å²) in [5.74, 6) is 1.00. The third-order valence-corrected chi connectivity index (χ3v) is 11.4. The summed E-state index contributed by atoms with van der Waals surface area (Å²) in [5.41, 5.74) is 0. The predicted octanol–water partition coefficient (Wildman–Crippen LogP) is 15.2. The molecule has 0 amide bonds. The molecule has 2 atom stereocenters. The van der Waals surface area contributed by atoms with Crippen molar-refractivity contribution in [2.75, 3.05) is 39.5 Å². The normalized spacial score (nSPS) is 12.0. The van der Waals surface area contributed by atoms with Crippen molar-refractivity contribution in [1.82, 2.24) is 4.90 Å². The maximum absolute atomic E-state index is 12.6. The van der Waals surface area contributed by atoms with Gasteiger partial charge in [0.25, 0.3) is 0 Å². The van der Waals surface area contributed by atoms with Crippen LogP contribution >= 0.6 is 0 Å². The number of esters is 2. The molecule has 0 aliphatic carbocycles. The Morgan fingerprint density at radius 3 is 1.03 bits per heavy atom. The molecule has 346 valence electrons. The molecule has 58 heavy (non-hydrogen) atoms. The van der Waals surface area contributed by atoms with Gasteiger partial charge in [-0.15, -0.1) is 12.8 Å². The van der Waals surface area contributed by atoms with Gasteiger partial charge in [0.15, 0.2) is 0 Å². The van der Waals surface area contributed by atoms with Gasteiger partial charge in [0, 0.05) is 19.4 Å². The minimum absolute atomic E-state index is 0.0184. The Balaban J connectivity index is -0.00000731. The third kappa shape index (κ3) is 47.1. The van der Waals surface area contributed by atoms with Crippen LogP contribution in [0.1, 0.15) is 260 Å². The van der Waals surface area contributed by atoms with E-state index < -0.39 is 0 Å². The van der Waals surface area contributed by atoms with E-state index in [4.69, 9.17) is 9.47 Å². The maximum atomic E-state index is 12.6. The van der Waals surface area contributed by atoms with Crippen molar-refractivity contribution in [2.24, 2.45) is 11.8 Å². The van der Waals surface area contributed by atoms with Crippen LogP contribution in [0.25, 0.3) is 0 Å². The SMILES string of the molecule is C#C.CC.CCCCCCCCC(CCCCCC)COC(=O)CCCCCN(CCCCO)CCCCCC(=O)OCC(CCCCCC)CCCCCCCC. The fraction of sp³-hybridized carbons (Fsp3) is 0.923. The van der Waals surface area contributed by atoms with Crippen LogP contribution in [-0.4, -0.2) is 61.4 Å². The number of carbonyl (C=O) groups excluding carboxylic acids is 2. The van der Waals surface area contributed by atoms with Gasteiger partial charge < -0.3 is 19.5 Å². The summed E-state index contributed by atoms with van der Waals surface area (Å²) in [4.78, 5) is 27.8. The van der Waals surface area contributed by atoms with E-state index in [0.29, 0.717) is 37.9 Å². The molecular formula is C52H103NO5. The molecular weight excluding hydrogens is 719 g/mol. The first-order chi connectivity index (χ1) is 28.5. The molecule has 6 heteroatoms. The Morgan fingerprint density at radius 1 is 0.431 bits per heavy atom. The van der Waals surface area contributed by atoms with Gasteiger partial charge in [-0.3, -0.25) is 9.59 Å². The minimum atomic E-state index is -0.0184. The molecule has 2 unspecified atom stereocenters. The van der Waals surface area contributed by atoms with E-state index in [2.05, 4.69) is 45.4 Å². The lowest BCUT2D eigenvalue weighted by molar-refractivity contribution is -0.146. The molecule has 0 saturated carbocycles. The minimum Gasteiger partial charge on any atom is -0.465 e. The Hall–Kier alpha value is -1.58. The first-order valence-corrected chi connectivity index (χ1v) is 25.5. The predicted molar refractivity (Wildman–Crippen MR) is 253 cm³/mol. The lowest BCUT2D eigenvalue weighted by atomic mass is 9.95. The first-order valence-electron chi connectivity index (χ1n) is 25.5. The summed E-state index contributed by atoms with van der Waals surface area (Å²) >= 11 is 0. The Morgan fingerprint density at radius 2 is 0.707 bits per heavy atom. The van der Waals surface area contributed by atoms with Crippen molar-refractivity contribution in [3.05, 3.63) is 0 Å². The molecule has 0 aliphatic heterocycles. The Labute approximate surface area is 363 Å². The number of ether oxygens (including phenoxy) is 2. The summed E-state index contributed by atoms with van der Waals surface area (Å²) in [5, 5.41) is 9.32. The molecule has 6 nitrogen and oxygen atoms in total. The number of terminal acetylenes is 1. The van der Waals surface area contributed by atoms with E-state index in [0.717, 1.165) is 71.0 Å². The molecule has 0 radical (unpaired) electrons. The molecule has 0 fully saturated rings. The molecule has 0 heterocycles. The fourth-order valence-corrected chi connectivity index (χ4v) is 7.68. The highest BCUT2D eigenvalue weighted by Gasteiger charge is 2.14. The van der Waals surface area contributed by atoms with Gasteiger partial charge in [0.2, 0.25) is 0 Å². The summed E-state index contributed by atoms with van der Waals surface area (Å²) in [7, 11) is 0. The van der Waals surface area contributed by atoms with E-state index in [1.807, 2.05) is 13.8 Å². The number of unbranched alkanes of at least 4 members (excludes halogenated alkanes) is 21. The number of rotatable bonds is 44. The molecule has 0 rings (SSSR count). The van der Waals surface area contributed by atoms with Crippen molar-refractivity contribution < 1.29 is 24.2 Å². The second-order valence-corrected chi connectivity index (χ2v) is 16.8. The standard InChI is InChI=1S/C48H95NO5.C2H6.C2H2/c1-5-9-13-17-19-25-35-45(33-23-15-11-7-3)43-53-47(51)37-27-21-29-39-49(41-31-32-42-50)40-30-22-28-38-48(52)54-44-46(34-24-16-12-8-4)36-26-20-18-14-10-6-2;2*1-2/h45-46,50H,5-44H2,1-4H3;1-2H3;1-2H. The summed E-state index contributed by atoms with van der Waals surface area (Å²) < 4.78 is 11.6. The van der Waals surface area contributed by atoms with Crippen molar-refractivity contribution in [2.45, 2.75) is 260 Å². The molecule has 0 saturated heterocycles. The third-order valence-electron chi connectivity index (χ3n) is 11.4. The van der Waals surface area contributed by atoms with Gasteiger partial charge in [-0.25, -0.2) is 0 Å². The smallest absolute Gasteiger partial charge is 0.305 e. The highest BCUT2D eigenvalue weighted by atomic mass is 16.5. The largest absolute Gasteiger partial charge is 0.465 e. The molecule has 0 aromatic rings. The number of aliphatic hydroxyl groups excluding tert-OH is 1. The number of nitrogens with zero attached hydrogens (tertiary/aromatic N) is 1. The van der Waals surface area contributed by atoms with Gasteiger partial charge in [0.05, 0.1) is 13.2 Å². The average Bonchev–Trinajstić information content (AvgIpc) is 3.24. The van der Waals surface area contributed by atoms with Crippen LogP contribution in [0.3, 0.4) is 0 Å². The molecule has 0 bridgehead atoms. The van der Waals surface area contributed by atoms with Crippen molar-refractivity contribution in [3.63, 3.8) is 0 Å². The lowest BCUT2D eigenvalue weighted by Crippen LogP contribution is -2.27. The van der Waals surface area contributed by atoms with Gasteiger partial charge in [0.1, 0.15) is 0 Å². The van der Waals surface area contributed by atoms with Crippen molar-refractivity contribution in [3.8, 4) is 12.8 Å². The van der Waals surface area contributed by atoms with Crippen LogP contribution in [0.4, 0.5) is 0 Å². The van der Waals surface area contributed by atoms with E-state index in [1.54, 1.807) is 0 Å². The summed E-state index contributed by atoms with van der Waals surface area (Å²) in [6.07, 6.45) is 47.7. The van der Waals surface area contributed by atoms with Gasteiger partial charge in [-0.2, -0.15) is 0 Å². The van der Waals surface area contributed by atoms with Crippen molar-refractivity contribution >= 4 is 11.9 Å². The second-order valence-electron chi connectivity index (χ2n) is 16.8. The van der Waals surface area contributed by atoms with Crippen LogP contribution < -0.4 is 0 Å². The topological polar surface area (TPSA) is 76.1 Å². The van der Waals surface area contributed by atoms with Gasteiger partial charge in [-0.05, 0) is 95.7 Å². The zero-order valence-corrected chi connectivity index (χ0v) is 40.1. The Bertz CT molecular complexity index is 759. The molecule has 1 N–H and O–H groups in total. The van der Waals surface area contributed by atoms with E-state index in [9.17, 15) is 14.7 Å². The second kappa shape index (κ2) is 53.4. The number of hydrogen-bond acceptors (Lipinski definition) is 6.